The summed E-state index contributed by atoms with van der Waals surface area (Å²) >= 11 is 0. The highest BCUT2D eigenvalue weighted by molar-refractivity contribution is 5.93. The molecule has 82 valence electrons. The van der Waals surface area contributed by atoms with Gasteiger partial charge in [0.05, 0.1) is 6.54 Å². The first-order chi connectivity index (χ1) is 7.00. The van der Waals surface area contributed by atoms with E-state index < -0.39 is 6.43 Å². The minimum atomic E-state index is -2.40. The quantitative estimate of drug-likeness (QED) is 0.582. The molecule has 1 aromatic heterocycles. The maximum Gasteiger partial charge on any atom is 0.255 e. The number of pyridine rings is 1. The van der Waals surface area contributed by atoms with Gasteiger partial charge in [0.2, 0.25) is 0 Å². The number of hydrogen-bond acceptors (Lipinski definition) is 3. The minimum Gasteiger partial charge on any atom is -0.382 e. The summed E-state index contributed by atoms with van der Waals surface area (Å²) in [5.41, 5.74) is 6.09. The number of hydrogen-bond donors (Lipinski definition) is 2. The molecule has 0 fully saturated rings. The molecule has 1 rings (SSSR count). The fourth-order valence-electron chi connectivity index (χ4n) is 1.12. The van der Waals surface area contributed by atoms with E-state index in [2.05, 4.69) is 4.98 Å². The Hall–Kier alpha value is -1.72. The lowest BCUT2D eigenvalue weighted by Gasteiger charge is -2.18. The normalized spacial score (nSPS) is 10.4. The summed E-state index contributed by atoms with van der Waals surface area (Å²) in [7, 11) is 1.55. The summed E-state index contributed by atoms with van der Waals surface area (Å²) in [5, 5.41) is 7.16. The molecule has 0 unspecified atom stereocenters. The van der Waals surface area contributed by atoms with Gasteiger partial charge in [-0.3, -0.25) is 10.4 Å². The zero-order chi connectivity index (χ0) is 11.4. The van der Waals surface area contributed by atoms with E-state index in [-0.39, 0.29) is 18.1 Å². The Morgan fingerprint density at radius 3 is 2.87 bits per heavy atom. The number of alkyl halides is 2. The largest absolute Gasteiger partial charge is 0.382 e. The molecule has 6 heteroatoms. The second-order valence-corrected chi connectivity index (χ2v) is 3.08. The van der Waals surface area contributed by atoms with E-state index in [0.717, 1.165) is 0 Å². The van der Waals surface area contributed by atoms with E-state index >= 15 is 0 Å². The Kier molecular flexibility index (Phi) is 3.54. The van der Waals surface area contributed by atoms with Crippen LogP contribution in [0.1, 0.15) is 5.69 Å². The zero-order valence-electron chi connectivity index (χ0n) is 8.24. The van der Waals surface area contributed by atoms with Crippen molar-refractivity contribution in [2.75, 3.05) is 18.5 Å². The predicted octanol–water partition coefficient (Wildman–Crippen LogP) is 1.07. The van der Waals surface area contributed by atoms with Crippen LogP contribution in [0.3, 0.4) is 0 Å². The molecule has 0 atom stereocenters. The van der Waals surface area contributed by atoms with Crippen LogP contribution in [0.25, 0.3) is 0 Å². The van der Waals surface area contributed by atoms with Crippen LogP contribution < -0.4 is 10.6 Å². The van der Waals surface area contributed by atoms with Crippen molar-refractivity contribution in [1.29, 1.82) is 5.41 Å². The van der Waals surface area contributed by atoms with Gasteiger partial charge in [0.1, 0.15) is 11.5 Å². The van der Waals surface area contributed by atoms with Crippen LogP contribution >= 0.6 is 0 Å². The molecule has 0 radical (unpaired) electrons. The lowest BCUT2D eigenvalue weighted by molar-refractivity contribution is 0.156. The summed E-state index contributed by atoms with van der Waals surface area (Å²) in [6, 6.07) is 3.10. The van der Waals surface area contributed by atoms with Gasteiger partial charge in [-0.2, -0.15) is 0 Å². The van der Waals surface area contributed by atoms with Crippen molar-refractivity contribution in [2.45, 2.75) is 6.43 Å². The molecule has 0 saturated carbocycles. The molecule has 0 saturated heterocycles. The van der Waals surface area contributed by atoms with Gasteiger partial charge in [-0.25, -0.2) is 8.78 Å². The lowest BCUT2D eigenvalue weighted by Crippen LogP contribution is -2.24. The topological polar surface area (TPSA) is 66.0 Å². The van der Waals surface area contributed by atoms with Gasteiger partial charge in [-0.1, -0.05) is 0 Å². The van der Waals surface area contributed by atoms with Gasteiger partial charge < -0.3 is 10.6 Å². The van der Waals surface area contributed by atoms with Crippen LogP contribution in [-0.4, -0.2) is 30.8 Å². The van der Waals surface area contributed by atoms with Gasteiger partial charge >= 0.3 is 0 Å². The van der Waals surface area contributed by atoms with E-state index in [1.165, 1.54) is 17.2 Å². The van der Waals surface area contributed by atoms with Gasteiger partial charge in [0.25, 0.3) is 6.43 Å². The summed E-state index contributed by atoms with van der Waals surface area (Å²) in [4.78, 5) is 5.22. The zero-order valence-corrected chi connectivity index (χ0v) is 8.24. The van der Waals surface area contributed by atoms with Crippen LogP contribution in [0.4, 0.5) is 14.5 Å². The van der Waals surface area contributed by atoms with Crippen molar-refractivity contribution >= 4 is 11.5 Å². The average molecular weight is 214 g/mol. The maximum absolute atomic E-state index is 12.1. The number of nitrogen functional groups attached to an aromatic ring is 1. The smallest absolute Gasteiger partial charge is 0.255 e. The van der Waals surface area contributed by atoms with E-state index in [9.17, 15) is 8.78 Å². The number of nitrogens with one attached hydrogen (secondary N) is 1. The second-order valence-electron chi connectivity index (χ2n) is 3.08. The van der Waals surface area contributed by atoms with E-state index in [1.807, 2.05) is 0 Å². The van der Waals surface area contributed by atoms with Crippen molar-refractivity contribution in [3.05, 3.63) is 24.0 Å². The van der Waals surface area contributed by atoms with Crippen LogP contribution in [-0.2, 0) is 0 Å². The Bertz CT molecular complexity index is 354. The summed E-state index contributed by atoms with van der Waals surface area (Å²) in [5.74, 6) is -0.178. The van der Waals surface area contributed by atoms with E-state index in [0.29, 0.717) is 5.69 Å². The van der Waals surface area contributed by atoms with Crippen LogP contribution in [0.5, 0.6) is 0 Å². The maximum atomic E-state index is 12.1. The third-order valence-corrected chi connectivity index (χ3v) is 1.87. The highest BCUT2D eigenvalue weighted by atomic mass is 19.3. The van der Waals surface area contributed by atoms with Gasteiger partial charge in [0, 0.05) is 18.9 Å². The molecule has 0 spiro atoms. The van der Waals surface area contributed by atoms with E-state index in [4.69, 9.17) is 11.1 Å². The van der Waals surface area contributed by atoms with Gasteiger partial charge in [0.15, 0.2) is 0 Å². The lowest BCUT2D eigenvalue weighted by atomic mass is 10.3. The van der Waals surface area contributed by atoms with Crippen molar-refractivity contribution in [3.8, 4) is 0 Å². The molecule has 0 amide bonds. The summed E-state index contributed by atoms with van der Waals surface area (Å²) < 4.78 is 24.2. The van der Waals surface area contributed by atoms with Gasteiger partial charge in [-0.15, -0.1) is 0 Å². The number of halogens is 2. The first kappa shape index (κ1) is 11.4. The summed E-state index contributed by atoms with van der Waals surface area (Å²) in [6.45, 7) is -0.360. The molecular weight excluding hydrogens is 202 g/mol. The van der Waals surface area contributed by atoms with Crippen LogP contribution in [0.15, 0.2) is 18.3 Å². The number of nitrogens with two attached hydrogens (primary N) is 1. The average Bonchev–Trinajstić information content (AvgIpc) is 2.17. The highest BCUT2D eigenvalue weighted by Crippen LogP contribution is 2.13. The molecule has 0 bridgehead atoms. The molecule has 1 heterocycles. The summed E-state index contributed by atoms with van der Waals surface area (Å²) in [6.07, 6.45) is -0.961. The molecule has 4 nitrogen and oxygen atoms in total. The Labute approximate surface area is 86.2 Å². The fraction of sp³-hybridized carbons (Fsp3) is 0.333. The molecule has 1 aromatic rings. The standard InChI is InChI=1S/C9H12F2N4/c1-15(5-8(10)11)6-2-3-14-7(4-6)9(12)13/h2-4,8H,5H2,1H3,(H3,12,13). The molecule has 0 aromatic carbocycles. The molecule has 0 aliphatic rings. The first-order valence-electron chi connectivity index (χ1n) is 4.30. The third-order valence-electron chi connectivity index (χ3n) is 1.87. The molecule has 3 N–H and O–H groups in total. The number of amidine groups is 1. The number of nitrogens with zero attached hydrogens (tertiary/aromatic N) is 2. The Morgan fingerprint density at radius 1 is 1.67 bits per heavy atom. The van der Waals surface area contributed by atoms with Crippen molar-refractivity contribution in [1.82, 2.24) is 4.98 Å². The number of rotatable bonds is 4. The third kappa shape index (κ3) is 3.16. The van der Waals surface area contributed by atoms with Crippen LogP contribution in [0, 0.1) is 5.41 Å². The second kappa shape index (κ2) is 4.68. The van der Waals surface area contributed by atoms with Crippen LogP contribution in [0.2, 0.25) is 0 Å². The van der Waals surface area contributed by atoms with Crippen molar-refractivity contribution in [2.24, 2.45) is 5.73 Å². The molecule has 15 heavy (non-hydrogen) atoms. The Balaban J connectivity index is 2.85. The SMILES string of the molecule is CN(CC(F)F)c1ccnc(C(=N)N)c1. The molecule has 0 aliphatic carbocycles. The minimum absolute atomic E-state index is 0.178. The number of anilines is 1. The highest BCUT2D eigenvalue weighted by Gasteiger charge is 2.09. The first-order valence-corrected chi connectivity index (χ1v) is 4.30. The predicted molar refractivity (Wildman–Crippen MR) is 54.5 cm³/mol. The molecule has 0 aliphatic heterocycles. The van der Waals surface area contributed by atoms with Crippen molar-refractivity contribution in [3.63, 3.8) is 0 Å². The Morgan fingerprint density at radius 2 is 2.33 bits per heavy atom. The van der Waals surface area contributed by atoms with Gasteiger partial charge in [-0.05, 0) is 12.1 Å². The molecular formula is C9H12F2N4. The number of aromatic nitrogens is 1. The van der Waals surface area contributed by atoms with E-state index in [1.54, 1.807) is 13.1 Å². The van der Waals surface area contributed by atoms with Crippen molar-refractivity contribution < 1.29 is 8.78 Å². The fourth-order valence-corrected chi connectivity index (χ4v) is 1.12. The monoisotopic (exact) mass is 214 g/mol.